The molecule has 1 aliphatic rings. The minimum absolute atomic E-state index is 0.0584. The summed E-state index contributed by atoms with van der Waals surface area (Å²) in [5, 5.41) is 4.40. The molecule has 0 atom stereocenters. The van der Waals surface area contributed by atoms with Gasteiger partial charge in [0.15, 0.2) is 6.73 Å². The fourth-order valence-corrected chi connectivity index (χ4v) is 5.02. The number of rotatable bonds is 6. The predicted molar refractivity (Wildman–Crippen MR) is 114 cm³/mol. The van der Waals surface area contributed by atoms with Gasteiger partial charge in [-0.3, -0.25) is 4.79 Å². The molecule has 0 spiro atoms. The van der Waals surface area contributed by atoms with Crippen LogP contribution in [-0.4, -0.2) is 42.3 Å². The van der Waals surface area contributed by atoms with Crippen LogP contribution in [0.15, 0.2) is 53.4 Å². The molecule has 9 heteroatoms. The van der Waals surface area contributed by atoms with E-state index >= 15 is 0 Å². The van der Waals surface area contributed by atoms with Gasteiger partial charge in [-0.15, -0.1) is 0 Å². The Kier molecular flexibility index (Phi) is 5.22. The first-order chi connectivity index (χ1) is 14.7. The molecule has 2 aromatic carbocycles. The van der Waals surface area contributed by atoms with Gasteiger partial charge < -0.3 is 9.47 Å². The zero-order valence-corrected chi connectivity index (χ0v) is 18.5. The normalized spacial score (nSPS) is 14.7. The summed E-state index contributed by atoms with van der Waals surface area (Å²) in [6.07, 6.45) is 0. The number of fused-ring (bicyclic) bond motifs is 1. The standard InChI is InChI=1S/C22H23N3O5S/c1-14(2)18-11-17(29-4)12-19-21(18)22(26)24(31(19,27)28)13-30-20-10-15(3)23-25(20)16-8-6-5-7-9-16/h5-12,14H,13H2,1-4H3. The van der Waals surface area contributed by atoms with Crippen LogP contribution in [0.2, 0.25) is 0 Å². The summed E-state index contributed by atoms with van der Waals surface area (Å²) in [7, 11) is -2.61. The van der Waals surface area contributed by atoms with Crippen LogP contribution in [0.4, 0.5) is 0 Å². The molecule has 4 rings (SSSR count). The van der Waals surface area contributed by atoms with Crippen molar-refractivity contribution < 1.29 is 22.7 Å². The van der Waals surface area contributed by atoms with Gasteiger partial charge in [-0.1, -0.05) is 32.0 Å². The van der Waals surface area contributed by atoms with Crippen LogP contribution in [0.25, 0.3) is 5.69 Å². The second kappa shape index (κ2) is 7.73. The number of methoxy groups -OCH3 is 1. The topological polar surface area (TPSA) is 90.7 Å². The van der Waals surface area contributed by atoms with Gasteiger partial charge in [0.2, 0.25) is 5.88 Å². The van der Waals surface area contributed by atoms with Crippen LogP contribution in [-0.2, 0) is 10.0 Å². The fourth-order valence-electron chi connectivity index (χ4n) is 3.55. The number of hydrogen-bond acceptors (Lipinski definition) is 6. The molecular weight excluding hydrogens is 418 g/mol. The number of para-hydroxylation sites is 1. The van der Waals surface area contributed by atoms with E-state index in [4.69, 9.17) is 9.47 Å². The third kappa shape index (κ3) is 3.54. The predicted octanol–water partition coefficient (Wildman–Crippen LogP) is 3.49. The summed E-state index contributed by atoms with van der Waals surface area (Å²) < 4.78 is 39.7. The van der Waals surface area contributed by atoms with E-state index in [0.717, 1.165) is 9.99 Å². The molecule has 8 nitrogen and oxygen atoms in total. The van der Waals surface area contributed by atoms with Crippen molar-refractivity contribution in [3.63, 3.8) is 0 Å². The van der Waals surface area contributed by atoms with Crippen molar-refractivity contribution in [3.05, 3.63) is 65.4 Å². The van der Waals surface area contributed by atoms with Crippen LogP contribution < -0.4 is 9.47 Å². The van der Waals surface area contributed by atoms with Crippen LogP contribution >= 0.6 is 0 Å². The summed E-state index contributed by atoms with van der Waals surface area (Å²) in [6, 6.07) is 14.1. The molecule has 3 aromatic rings. The number of carbonyl (C=O) groups excluding carboxylic acids is 1. The number of carbonyl (C=O) groups is 1. The highest BCUT2D eigenvalue weighted by Gasteiger charge is 2.44. The number of ether oxygens (including phenoxy) is 2. The molecule has 0 saturated carbocycles. The van der Waals surface area contributed by atoms with E-state index in [9.17, 15) is 13.2 Å². The van der Waals surface area contributed by atoms with E-state index < -0.39 is 22.7 Å². The highest BCUT2D eigenvalue weighted by atomic mass is 32.2. The lowest BCUT2D eigenvalue weighted by Crippen LogP contribution is -2.34. The van der Waals surface area contributed by atoms with Crippen molar-refractivity contribution in [1.29, 1.82) is 0 Å². The largest absolute Gasteiger partial charge is 0.497 e. The highest BCUT2D eigenvalue weighted by Crippen LogP contribution is 2.38. The van der Waals surface area contributed by atoms with E-state index in [0.29, 0.717) is 22.9 Å². The van der Waals surface area contributed by atoms with Crippen LogP contribution in [0, 0.1) is 6.92 Å². The molecular formula is C22H23N3O5S. The van der Waals surface area contributed by atoms with Crippen LogP contribution in [0.1, 0.15) is 41.4 Å². The monoisotopic (exact) mass is 441 g/mol. The van der Waals surface area contributed by atoms with Crippen LogP contribution in [0.3, 0.4) is 0 Å². The molecule has 0 saturated heterocycles. The lowest BCUT2D eigenvalue weighted by atomic mass is 9.96. The van der Waals surface area contributed by atoms with E-state index in [1.807, 2.05) is 44.2 Å². The average molecular weight is 442 g/mol. The van der Waals surface area contributed by atoms with Gasteiger partial charge in [0.1, 0.15) is 10.6 Å². The quantitative estimate of drug-likeness (QED) is 0.582. The molecule has 1 aromatic heterocycles. The minimum atomic E-state index is -4.08. The maximum absolute atomic E-state index is 13.2. The third-order valence-electron chi connectivity index (χ3n) is 5.10. The van der Waals surface area contributed by atoms with Gasteiger partial charge in [-0.05, 0) is 36.6 Å². The fraction of sp³-hybridized carbons (Fsp3) is 0.273. The number of nitrogens with zero attached hydrogens (tertiary/aromatic N) is 3. The Labute approximate surface area is 181 Å². The molecule has 0 radical (unpaired) electrons. The van der Waals surface area contributed by atoms with Crippen molar-refractivity contribution in [2.75, 3.05) is 13.8 Å². The van der Waals surface area contributed by atoms with Gasteiger partial charge in [-0.25, -0.2) is 13.1 Å². The first-order valence-corrected chi connectivity index (χ1v) is 11.2. The Morgan fingerprint density at radius 3 is 2.45 bits per heavy atom. The molecule has 2 heterocycles. The van der Waals surface area contributed by atoms with Gasteiger partial charge in [0, 0.05) is 12.1 Å². The second-order valence-corrected chi connectivity index (χ2v) is 9.38. The second-order valence-electron chi connectivity index (χ2n) is 7.55. The summed E-state index contributed by atoms with van der Waals surface area (Å²) in [4.78, 5) is 13.1. The lowest BCUT2D eigenvalue weighted by Gasteiger charge is -2.16. The summed E-state index contributed by atoms with van der Waals surface area (Å²) in [5.41, 5.74) is 2.25. The Hall–Kier alpha value is -3.33. The molecule has 0 bridgehead atoms. The van der Waals surface area contributed by atoms with Crippen molar-refractivity contribution in [2.24, 2.45) is 0 Å². The van der Waals surface area contributed by atoms with Crippen molar-refractivity contribution in [3.8, 4) is 17.3 Å². The molecule has 162 valence electrons. The van der Waals surface area contributed by atoms with E-state index in [2.05, 4.69) is 5.10 Å². The smallest absolute Gasteiger partial charge is 0.272 e. The third-order valence-corrected chi connectivity index (χ3v) is 6.83. The Morgan fingerprint density at radius 2 is 1.81 bits per heavy atom. The zero-order chi connectivity index (χ0) is 22.3. The minimum Gasteiger partial charge on any atom is -0.497 e. The van der Waals surface area contributed by atoms with Crippen LogP contribution in [0.5, 0.6) is 11.6 Å². The van der Waals surface area contributed by atoms with Gasteiger partial charge >= 0.3 is 0 Å². The SMILES string of the molecule is COc1cc(C(C)C)c2c(c1)S(=O)(=O)N(COc1cc(C)nn1-c1ccccc1)C2=O. The lowest BCUT2D eigenvalue weighted by molar-refractivity contribution is 0.0782. The molecule has 0 fully saturated rings. The van der Waals surface area contributed by atoms with E-state index in [1.165, 1.54) is 13.2 Å². The Bertz CT molecular complexity index is 1250. The molecule has 0 unspecified atom stereocenters. The summed E-state index contributed by atoms with van der Waals surface area (Å²) in [6.45, 7) is 5.14. The molecule has 1 amide bonds. The first-order valence-electron chi connectivity index (χ1n) is 9.78. The first kappa shape index (κ1) is 20.9. The van der Waals surface area contributed by atoms with Gasteiger partial charge in [0.25, 0.3) is 15.9 Å². The maximum atomic E-state index is 13.2. The maximum Gasteiger partial charge on any atom is 0.272 e. The summed E-state index contributed by atoms with van der Waals surface area (Å²) in [5.74, 6) is 0.0542. The highest BCUT2D eigenvalue weighted by molar-refractivity contribution is 7.90. The average Bonchev–Trinajstić information content (AvgIpc) is 3.21. The Morgan fingerprint density at radius 1 is 1.10 bits per heavy atom. The van der Waals surface area contributed by atoms with Crippen molar-refractivity contribution in [1.82, 2.24) is 14.1 Å². The van der Waals surface area contributed by atoms with Gasteiger partial charge in [0.05, 0.1) is 24.1 Å². The molecule has 1 aliphatic heterocycles. The number of aromatic nitrogens is 2. The van der Waals surface area contributed by atoms with E-state index in [1.54, 1.807) is 23.7 Å². The number of sulfonamides is 1. The molecule has 31 heavy (non-hydrogen) atoms. The van der Waals surface area contributed by atoms with E-state index in [-0.39, 0.29) is 16.4 Å². The summed E-state index contributed by atoms with van der Waals surface area (Å²) >= 11 is 0. The zero-order valence-electron chi connectivity index (χ0n) is 17.7. The molecule has 0 aliphatic carbocycles. The number of hydrogen-bond donors (Lipinski definition) is 0. The Balaban J connectivity index is 1.69. The van der Waals surface area contributed by atoms with Crippen molar-refractivity contribution >= 4 is 15.9 Å². The molecule has 0 N–H and O–H groups in total. The van der Waals surface area contributed by atoms with Crippen molar-refractivity contribution in [2.45, 2.75) is 31.6 Å². The van der Waals surface area contributed by atoms with Gasteiger partial charge in [-0.2, -0.15) is 9.40 Å². The number of amides is 1. The number of aryl methyl sites for hydroxylation is 1. The number of benzene rings is 2.